The van der Waals surface area contributed by atoms with Crippen LogP contribution in [0.1, 0.15) is 6.92 Å². The quantitative estimate of drug-likeness (QED) is 0.812. The molecule has 2 heterocycles. The topological polar surface area (TPSA) is 58.2 Å². The van der Waals surface area contributed by atoms with Crippen LogP contribution in [0.4, 0.5) is 11.4 Å². The van der Waals surface area contributed by atoms with Crippen LogP contribution in [-0.4, -0.2) is 16.7 Å². The molecule has 0 unspecified atom stereocenters. The Morgan fingerprint density at radius 3 is 3.00 bits per heavy atom. The number of aromatic amines is 1. The zero-order chi connectivity index (χ0) is 11.8. The number of anilines is 2. The molecule has 0 amide bonds. The molecule has 1 aromatic heterocycles. The zero-order valence-electron chi connectivity index (χ0n) is 9.30. The second-order valence-electron chi connectivity index (χ2n) is 3.74. The molecular weight excluding hydrogens is 218 g/mol. The van der Waals surface area contributed by atoms with Crippen molar-refractivity contribution in [1.29, 1.82) is 0 Å². The molecule has 5 heteroatoms. The van der Waals surface area contributed by atoms with Gasteiger partial charge in [0.15, 0.2) is 5.75 Å². The van der Waals surface area contributed by atoms with Gasteiger partial charge in [-0.15, -0.1) is 5.10 Å². The Morgan fingerprint density at radius 1 is 1.35 bits per heavy atom. The van der Waals surface area contributed by atoms with E-state index in [9.17, 15) is 4.79 Å². The number of benzene rings is 1. The molecular formula is C12H11N3O2. The Morgan fingerprint density at radius 2 is 2.18 bits per heavy atom. The molecule has 1 aromatic carbocycles. The first kappa shape index (κ1) is 9.89. The molecule has 17 heavy (non-hydrogen) atoms. The van der Waals surface area contributed by atoms with Gasteiger partial charge in [0.05, 0.1) is 5.69 Å². The van der Waals surface area contributed by atoms with Gasteiger partial charge >= 0.3 is 0 Å². The smallest absolute Gasteiger partial charge is 0.266 e. The first-order valence-corrected chi connectivity index (χ1v) is 5.43. The summed E-state index contributed by atoms with van der Waals surface area (Å²) in [6, 6.07) is 9.19. The first-order valence-electron chi connectivity index (χ1n) is 5.43. The maximum atomic E-state index is 11.3. The van der Waals surface area contributed by atoms with Crippen molar-refractivity contribution in [2.75, 3.05) is 11.4 Å². The van der Waals surface area contributed by atoms with Crippen LogP contribution in [0.5, 0.6) is 11.6 Å². The molecule has 2 aromatic rings. The number of rotatable bonds is 1. The van der Waals surface area contributed by atoms with Crippen molar-refractivity contribution in [3.8, 4) is 11.6 Å². The molecule has 0 aliphatic carbocycles. The van der Waals surface area contributed by atoms with Gasteiger partial charge in [-0.2, -0.15) is 0 Å². The summed E-state index contributed by atoms with van der Waals surface area (Å²) in [5, 5.41) is 6.29. The summed E-state index contributed by atoms with van der Waals surface area (Å²) in [5.74, 6) is 1.19. The van der Waals surface area contributed by atoms with E-state index in [2.05, 4.69) is 10.2 Å². The Labute approximate surface area is 97.7 Å². The van der Waals surface area contributed by atoms with Gasteiger partial charge in [-0.1, -0.05) is 12.1 Å². The molecule has 0 fully saturated rings. The number of aromatic nitrogens is 2. The summed E-state index contributed by atoms with van der Waals surface area (Å²) in [7, 11) is 0. The maximum absolute atomic E-state index is 11.3. The largest absolute Gasteiger partial charge is 0.434 e. The Kier molecular flexibility index (Phi) is 2.11. The minimum absolute atomic E-state index is 0.231. The molecule has 0 spiro atoms. The molecule has 1 aliphatic rings. The molecule has 0 bridgehead atoms. The highest BCUT2D eigenvalue weighted by molar-refractivity contribution is 5.75. The van der Waals surface area contributed by atoms with Crippen molar-refractivity contribution in [2.45, 2.75) is 6.92 Å². The van der Waals surface area contributed by atoms with Gasteiger partial charge in [0, 0.05) is 12.6 Å². The summed E-state index contributed by atoms with van der Waals surface area (Å²) >= 11 is 0. The fourth-order valence-corrected chi connectivity index (χ4v) is 1.99. The number of hydrogen-bond donors (Lipinski definition) is 1. The first-order chi connectivity index (χ1) is 8.29. The fourth-order valence-electron chi connectivity index (χ4n) is 1.99. The van der Waals surface area contributed by atoms with E-state index in [1.54, 1.807) is 0 Å². The van der Waals surface area contributed by atoms with E-state index in [4.69, 9.17) is 4.74 Å². The molecule has 0 saturated heterocycles. The van der Waals surface area contributed by atoms with E-state index in [0.717, 1.165) is 18.0 Å². The fraction of sp³-hybridized carbons (Fsp3) is 0.167. The molecule has 0 saturated carbocycles. The van der Waals surface area contributed by atoms with E-state index in [1.807, 2.05) is 36.1 Å². The number of nitrogens with zero attached hydrogens (tertiary/aromatic N) is 2. The van der Waals surface area contributed by atoms with Crippen LogP contribution in [-0.2, 0) is 0 Å². The van der Waals surface area contributed by atoms with E-state index >= 15 is 0 Å². The van der Waals surface area contributed by atoms with Gasteiger partial charge in [0.2, 0.25) is 0 Å². The van der Waals surface area contributed by atoms with Crippen LogP contribution >= 0.6 is 0 Å². The lowest BCUT2D eigenvalue weighted by molar-refractivity contribution is 0.446. The third kappa shape index (κ3) is 1.47. The average Bonchev–Trinajstić information content (AvgIpc) is 2.36. The van der Waals surface area contributed by atoms with Crippen LogP contribution in [0.25, 0.3) is 0 Å². The molecule has 0 radical (unpaired) electrons. The third-order valence-corrected chi connectivity index (χ3v) is 2.72. The molecule has 1 aliphatic heterocycles. The SMILES string of the molecule is CCN1c2ccccc2Oc2n[nH]c(=O)cc21. The highest BCUT2D eigenvalue weighted by atomic mass is 16.5. The number of nitrogens with one attached hydrogen (secondary N) is 1. The van der Waals surface area contributed by atoms with Crippen molar-refractivity contribution in [1.82, 2.24) is 10.2 Å². The monoisotopic (exact) mass is 229 g/mol. The van der Waals surface area contributed by atoms with Crippen LogP contribution in [0, 0.1) is 0 Å². The summed E-state index contributed by atoms with van der Waals surface area (Å²) in [6.45, 7) is 2.77. The second kappa shape index (κ2) is 3.62. The predicted molar refractivity (Wildman–Crippen MR) is 64.1 cm³/mol. The molecule has 86 valence electrons. The minimum atomic E-state index is -0.231. The van der Waals surface area contributed by atoms with Crippen molar-refractivity contribution >= 4 is 11.4 Å². The van der Waals surface area contributed by atoms with E-state index in [-0.39, 0.29) is 5.56 Å². The number of para-hydroxylation sites is 2. The Bertz CT molecular complexity index is 621. The minimum Gasteiger partial charge on any atom is -0.434 e. The number of H-pyrrole nitrogens is 1. The summed E-state index contributed by atoms with van der Waals surface area (Å²) in [4.78, 5) is 13.3. The van der Waals surface area contributed by atoms with Gasteiger partial charge in [-0.05, 0) is 19.1 Å². The maximum Gasteiger partial charge on any atom is 0.266 e. The van der Waals surface area contributed by atoms with Gasteiger partial charge < -0.3 is 9.64 Å². The van der Waals surface area contributed by atoms with Gasteiger partial charge in [-0.3, -0.25) is 4.79 Å². The van der Waals surface area contributed by atoms with Crippen molar-refractivity contribution in [3.05, 3.63) is 40.7 Å². The predicted octanol–water partition coefficient (Wildman–Crippen LogP) is 2.03. The standard InChI is InChI=1S/C12H11N3O2/c1-2-15-8-5-3-4-6-10(8)17-12-9(15)7-11(16)13-14-12/h3-7H,2H2,1H3,(H,13,16). The lowest BCUT2D eigenvalue weighted by Gasteiger charge is -2.30. The number of fused-ring (bicyclic) bond motifs is 2. The third-order valence-electron chi connectivity index (χ3n) is 2.72. The number of hydrogen-bond acceptors (Lipinski definition) is 4. The van der Waals surface area contributed by atoms with Crippen LogP contribution in [0.15, 0.2) is 35.1 Å². The van der Waals surface area contributed by atoms with Crippen LogP contribution in [0.2, 0.25) is 0 Å². The summed E-state index contributed by atoms with van der Waals surface area (Å²) < 4.78 is 5.64. The van der Waals surface area contributed by atoms with Crippen molar-refractivity contribution in [2.24, 2.45) is 0 Å². The van der Waals surface area contributed by atoms with E-state index < -0.39 is 0 Å². The highest BCUT2D eigenvalue weighted by Gasteiger charge is 2.24. The second-order valence-corrected chi connectivity index (χ2v) is 3.74. The lowest BCUT2D eigenvalue weighted by atomic mass is 10.2. The summed E-state index contributed by atoms with van der Waals surface area (Å²) in [5.41, 5.74) is 1.43. The Hall–Kier alpha value is -2.30. The normalized spacial score (nSPS) is 12.6. The highest BCUT2D eigenvalue weighted by Crippen LogP contribution is 2.43. The van der Waals surface area contributed by atoms with Crippen molar-refractivity contribution < 1.29 is 4.74 Å². The number of ether oxygens (including phenoxy) is 1. The van der Waals surface area contributed by atoms with E-state index in [0.29, 0.717) is 11.6 Å². The summed E-state index contributed by atoms with van der Waals surface area (Å²) in [6.07, 6.45) is 0. The average molecular weight is 229 g/mol. The molecule has 1 N–H and O–H groups in total. The van der Waals surface area contributed by atoms with E-state index in [1.165, 1.54) is 6.07 Å². The van der Waals surface area contributed by atoms with Crippen LogP contribution < -0.4 is 15.2 Å². The lowest BCUT2D eigenvalue weighted by Crippen LogP contribution is -2.24. The van der Waals surface area contributed by atoms with Crippen molar-refractivity contribution in [3.63, 3.8) is 0 Å². The molecule has 5 nitrogen and oxygen atoms in total. The van der Waals surface area contributed by atoms with Gasteiger partial charge in [-0.25, -0.2) is 5.10 Å². The van der Waals surface area contributed by atoms with Gasteiger partial charge in [0.1, 0.15) is 5.69 Å². The Balaban J connectivity index is 2.22. The zero-order valence-corrected chi connectivity index (χ0v) is 9.30. The molecule has 0 atom stereocenters. The molecule has 3 rings (SSSR count). The van der Waals surface area contributed by atoms with Gasteiger partial charge in [0.25, 0.3) is 11.4 Å². The van der Waals surface area contributed by atoms with Crippen LogP contribution in [0.3, 0.4) is 0 Å².